The Balaban J connectivity index is 1.05. The largest absolute Gasteiger partial charge is 0.416 e. The summed E-state index contributed by atoms with van der Waals surface area (Å²) in [5.41, 5.74) is -2.59. The third-order valence-electron chi connectivity index (χ3n) is 12.7. The molecule has 2 atom stereocenters. The average Bonchev–Trinajstić information content (AvgIpc) is 3.54. The molecular formula is C43H46Cl2F6N4O6. The van der Waals surface area contributed by atoms with Crippen molar-refractivity contribution < 1.29 is 55.3 Å². The number of likely N-dealkylation sites (tertiary alicyclic amines) is 2. The van der Waals surface area contributed by atoms with Crippen LogP contribution in [0.4, 0.5) is 26.3 Å². The average molecular weight is 900 g/mol. The molecule has 3 aliphatic heterocycles. The number of aliphatic hydroxyl groups is 1. The molecule has 1 aliphatic carbocycles. The molecular weight excluding hydrogens is 853 g/mol. The maximum atomic E-state index is 13.8. The summed E-state index contributed by atoms with van der Waals surface area (Å²) >= 11 is 12.7. The van der Waals surface area contributed by atoms with E-state index in [0.717, 1.165) is 5.56 Å². The van der Waals surface area contributed by atoms with E-state index in [1.54, 1.807) is 23.1 Å². The van der Waals surface area contributed by atoms with Gasteiger partial charge in [-0.05, 0) is 98.6 Å². The number of benzene rings is 3. The van der Waals surface area contributed by atoms with Crippen molar-refractivity contribution in [1.82, 2.24) is 20.0 Å². The van der Waals surface area contributed by atoms with E-state index in [-0.39, 0.29) is 65.9 Å². The Bertz CT molecular complexity index is 2080. The second-order valence-corrected chi connectivity index (χ2v) is 17.1. The van der Waals surface area contributed by atoms with Crippen LogP contribution in [0.25, 0.3) is 0 Å². The van der Waals surface area contributed by atoms with Crippen LogP contribution >= 0.6 is 23.2 Å². The normalized spacial score (nSPS) is 22.3. The lowest BCUT2D eigenvalue weighted by atomic mass is 9.72. The van der Waals surface area contributed by atoms with E-state index in [2.05, 4.69) is 22.3 Å². The summed E-state index contributed by atoms with van der Waals surface area (Å²) in [5, 5.41) is 12.3. The van der Waals surface area contributed by atoms with Crippen LogP contribution in [0.1, 0.15) is 70.3 Å². The molecule has 3 saturated heterocycles. The Hall–Kier alpha value is -3.93. The number of piperidine rings is 2. The number of nitrogens with zero attached hydrogens (tertiary/aromatic N) is 3. The first-order valence-corrected chi connectivity index (χ1v) is 20.9. The number of aliphatic hydroxyl groups excluding tert-OH is 1. The Labute approximate surface area is 359 Å². The number of alkyl halides is 6. The molecule has 0 unspecified atom stereocenters. The smallest absolute Gasteiger partial charge is 0.387 e. The van der Waals surface area contributed by atoms with E-state index in [4.69, 9.17) is 37.8 Å². The van der Waals surface area contributed by atoms with Crippen LogP contribution in [0.5, 0.6) is 0 Å². The molecule has 18 heteroatoms. The molecule has 4 aliphatic rings. The quantitative estimate of drug-likeness (QED) is 0.214. The number of fused-ring (bicyclic) bond motifs is 2. The lowest BCUT2D eigenvalue weighted by Gasteiger charge is -2.46. The predicted octanol–water partition coefficient (Wildman–Crippen LogP) is 6.86. The van der Waals surface area contributed by atoms with Gasteiger partial charge in [0.1, 0.15) is 18.8 Å². The molecule has 3 fully saturated rings. The number of hydrogen-bond acceptors (Lipinski definition) is 7. The van der Waals surface area contributed by atoms with E-state index in [0.29, 0.717) is 88.9 Å². The third-order valence-corrected chi connectivity index (χ3v) is 13.4. The summed E-state index contributed by atoms with van der Waals surface area (Å²) in [4.78, 5) is 44.0. The zero-order valence-corrected chi connectivity index (χ0v) is 34.6. The molecule has 330 valence electrons. The van der Waals surface area contributed by atoms with Crippen molar-refractivity contribution in [3.63, 3.8) is 0 Å². The minimum Gasteiger partial charge on any atom is -0.387 e. The zero-order chi connectivity index (χ0) is 43.7. The standard InChI is InChI=1S/C43H46Cl2F6N4O6/c44-34-6-5-29(23-35(34)45)41(26-55(17-18-61-41)39(59)28-19-30(42(46,47)48)22-31(20-28)43(49,50)51)11-16-53-14-9-40(10-15-53)33-4-2-1-3-27(33)21-36(40)60-25-38(58)54-12-7-32(8-13-54)52-37(57)24-56/h1-6,19-20,22-23,32,36,56H,7-18,21,24-26H2,(H,52,57)/t36-,41-/m0/s1. The highest BCUT2D eigenvalue weighted by Crippen LogP contribution is 2.48. The van der Waals surface area contributed by atoms with Crippen molar-refractivity contribution in [2.24, 2.45) is 0 Å². The fraction of sp³-hybridized carbons (Fsp3) is 0.512. The molecule has 61 heavy (non-hydrogen) atoms. The van der Waals surface area contributed by atoms with Crippen LogP contribution in [-0.2, 0) is 48.9 Å². The van der Waals surface area contributed by atoms with E-state index in [9.17, 15) is 40.7 Å². The van der Waals surface area contributed by atoms with Gasteiger partial charge in [0.05, 0.1) is 40.4 Å². The molecule has 10 nitrogen and oxygen atoms in total. The molecule has 0 saturated carbocycles. The van der Waals surface area contributed by atoms with E-state index in [1.165, 1.54) is 10.5 Å². The molecule has 7 rings (SSSR count). The number of carbonyl (C=O) groups excluding carboxylic acids is 3. The summed E-state index contributed by atoms with van der Waals surface area (Å²) in [6.07, 6.45) is -6.98. The van der Waals surface area contributed by atoms with Crippen molar-refractivity contribution in [2.75, 3.05) is 65.6 Å². The van der Waals surface area contributed by atoms with Crippen molar-refractivity contribution in [1.29, 1.82) is 0 Å². The minimum atomic E-state index is -5.12. The zero-order valence-electron chi connectivity index (χ0n) is 33.1. The van der Waals surface area contributed by atoms with Crippen LogP contribution in [0.3, 0.4) is 0 Å². The highest BCUT2D eigenvalue weighted by atomic mass is 35.5. The van der Waals surface area contributed by atoms with Crippen molar-refractivity contribution >= 4 is 40.9 Å². The van der Waals surface area contributed by atoms with E-state index in [1.807, 2.05) is 12.1 Å². The Morgan fingerprint density at radius 3 is 2.16 bits per heavy atom. The summed E-state index contributed by atoms with van der Waals surface area (Å²) in [6, 6.07) is 13.8. The lowest BCUT2D eigenvalue weighted by molar-refractivity contribution is -0.143. The van der Waals surface area contributed by atoms with Crippen molar-refractivity contribution in [2.45, 2.75) is 74.0 Å². The van der Waals surface area contributed by atoms with Gasteiger partial charge in [-0.15, -0.1) is 0 Å². The van der Waals surface area contributed by atoms with Crippen LogP contribution in [-0.4, -0.2) is 115 Å². The highest BCUT2D eigenvalue weighted by molar-refractivity contribution is 6.42. The van der Waals surface area contributed by atoms with Gasteiger partial charge in [0, 0.05) is 43.2 Å². The molecule has 3 amide bonds. The highest BCUT2D eigenvalue weighted by Gasteiger charge is 2.50. The third kappa shape index (κ3) is 9.84. The topological polar surface area (TPSA) is 112 Å². The van der Waals surface area contributed by atoms with Crippen LogP contribution in [0.15, 0.2) is 60.7 Å². The Morgan fingerprint density at radius 2 is 1.52 bits per heavy atom. The second kappa shape index (κ2) is 18.0. The van der Waals surface area contributed by atoms with Crippen LogP contribution in [0.2, 0.25) is 10.0 Å². The fourth-order valence-corrected chi connectivity index (χ4v) is 9.65. The van der Waals surface area contributed by atoms with Gasteiger partial charge in [-0.25, -0.2) is 0 Å². The number of carbonyl (C=O) groups is 3. The predicted molar refractivity (Wildman–Crippen MR) is 213 cm³/mol. The molecule has 2 N–H and O–H groups in total. The number of rotatable bonds is 10. The second-order valence-electron chi connectivity index (χ2n) is 16.3. The first kappa shape index (κ1) is 45.1. The molecule has 1 spiro atoms. The van der Waals surface area contributed by atoms with Gasteiger partial charge in [0.15, 0.2) is 0 Å². The number of nitrogens with one attached hydrogen (secondary N) is 1. The summed E-state index contributed by atoms with van der Waals surface area (Å²) in [5.74, 6) is -1.57. The molecule has 3 aromatic carbocycles. The summed E-state index contributed by atoms with van der Waals surface area (Å²) < 4.78 is 95.3. The van der Waals surface area contributed by atoms with Crippen molar-refractivity contribution in [3.8, 4) is 0 Å². The Kier molecular flexibility index (Phi) is 13.3. The van der Waals surface area contributed by atoms with E-state index >= 15 is 0 Å². The first-order valence-electron chi connectivity index (χ1n) is 20.2. The van der Waals surface area contributed by atoms with Gasteiger partial charge in [0.2, 0.25) is 11.8 Å². The summed E-state index contributed by atoms with van der Waals surface area (Å²) in [7, 11) is 0. The fourth-order valence-electron chi connectivity index (χ4n) is 9.35. The van der Waals surface area contributed by atoms with Gasteiger partial charge in [-0.2, -0.15) is 26.3 Å². The number of hydrogen-bond donors (Lipinski definition) is 2. The maximum absolute atomic E-state index is 13.8. The first-order chi connectivity index (χ1) is 28.9. The number of halogens is 8. The molecule has 0 radical (unpaired) electrons. The van der Waals surface area contributed by atoms with Crippen LogP contribution < -0.4 is 5.32 Å². The maximum Gasteiger partial charge on any atom is 0.416 e. The summed E-state index contributed by atoms with van der Waals surface area (Å²) in [6.45, 7) is 1.70. The Morgan fingerprint density at radius 1 is 0.852 bits per heavy atom. The van der Waals surface area contributed by atoms with Crippen LogP contribution in [0, 0.1) is 0 Å². The van der Waals surface area contributed by atoms with E-state index < -0.39 is 53.1 Å². The lowest BCUT2D eigenvalue weighted by Crippen LogP contribution is -2.54. The van der Waals surface area contributed by atoms with Gasteiger partial charge >= 0.3 is 12.4 Å². The van der Waals surface area contributed by atoms with Gasteiger partial charge in [0.25, 0.3) is 5.91 Å². The molecule has 3 heterocycles. The van der Waals surface area contributed by atoms with Gasteiger partial charge < -0.3 is 34.6 Å². The number of amides is 3. The van der Waals surface area contributed by atoms with Gasteiger partial charge in [-0.3, -0.25) is 14.4 Å². The molecule has 0 aromatic heterocycles. The SMILES string of the molecule is O=C(CO)NC1CCN(C(=O)CO[C@H]2Cc3ccccc3C23CCN(CC[C@@]2(c4ccc(Cl)c(Cl)c4)CN(C(=O)c4cc(C(F)(F)F)cc(C(F)(F)F)c4)CCO2)CC3)CC1. The van der Waals surface area contributed by atoms with Gasteiger partial charge in [-0.1, -0.05) is 53.5 Å². The minimum absolute atomic E-state index is 0.00666. The number of morpholine rings is 1. The molecule has 0 bridgehead atoms. The monoisotopic (exact) mass is 898 g/mol. The molecule has 3 aromatic rings. The van der Waals surface area contributed by atoms with Crippen molar-refractivity contribution in [3.05, 3.63) is 104 Å². The number of ether oxygens (including phenoxy) is 2.